The number of allylic oxidation sites excluding steroid dienone is 4. The topological polar surface area (TPSA) is 39.2 Å². The number of rotatable bonds is 4. The monoisotopic (exact) mass is 351 g/mol. The van der Waals surface area contributed by atoms with E-state index in [0.717, 1.165) is 6.07 Å². The predicted octanol–water partition coefficient (Wildman–Crippen LogP) is 4.70. The molecule has 118 valence electrons. The molecule has 3 nitrogen and oxygen atoms in total. The van der Waals surface area contributed by atoms with E-state index >= 15 is 0 Å². The van der Waals surface area contributed by atoms with Gasteiger partial charge >= 0.3 is 6.18 Å². The Morgan fingerprint density at radius 2 is 2.00 bits per heavy atom. The normalized spacial score (nSPS) is 15.1. The molecule has 0 aliphatic heterocycles. The van der Waals surface area contributed by atoms with E-state index in [9.17, 15) is 18.0 Å². The molecule has 0 fully saturated rings. The molecule has 0 N–H and O–H groups in total. The maximum Gasteiger partial charge on any atom is 0.434 e. The van der Waals surface area contributed by atoms with Gasteiger partial charge in [0.05, 0.1) is 5.88 Å². The average Bonchev–Trinajstić information content (AvgIpc) is 2.48. The standard InChI is InChI=1S/C14H10Cl2F3NO2/c15-7-11(21)10-5-6-12(20-13(10)14(17,18)19)22-9-3-1-8(16)2-4-9/h1,3,5-6H,2,4,7H2. The van der Waals surface area contributed by atoms with Crippen LogP contribution in [0.4, 0.5) is 13.2 Å². The first-order valence-electron chi connectivity index (χ1n) is 6.21. The van der Waals surface area contributed by atoms with Crippen LogP contribution in [-0.4, -0.2) is 16.6 Å². The third-order valence-electron chi connectivity index (χ3n) is 2.86. The van der Waals surface area contributed by atoms with Gasteiger partial charge in [0, 0.05) is 23.1 Å². The number of alkyl halides is 4. The van der Waals surface area contributed by atoms with Gasteiger partial charge in [-0.15, -0.1) is 11.6 Å². The molecule has 0 spiro atoms. The van der Waals surface area contributed by atoms with E-state index in [2.05, 4.69) is 4.98 Å². The van der Waals surface area contributed by atoms with Gasteiger partial charge in [0.15, 0.2) is 11.5 Å². The molecule has 0 saturated heterocycles. The highest BCUT2D eigenvalue weighted by Crippen LogP contribution is 2.33. The summed E-state index contributed by atoms with van der Waals surface area (Å²) in [4.78, 5) is 14.9. The fourth-order valence-electron chi connectivity index (χ4n) is 1.82. The highest BCUT2D eigenvalue weighted by Gasteiger charge is 2.37. The van der Waals surface area contributed by atoms with Gasteiger partial charge in [-0.2, -0.15) is 13.2 Å². The van der Waals surface area contributed by atoms with Crippen LogP contribution in [0.15, 0.2) is 35.1 Å². The first-order chi connectivity index (χ1) is 10.3. The quantitative estimate of drug-likeness (QED) is 0.582. The van der Waals surface area contributed by atoms with E-state index in [4.69, 9.17) is 27.9 Å². The maximum atomic E-state index is 13.0. The minimum Gasteiger partial charge on any atom is -0.443 e. The van der Waals surface area contributed by atoms with E-state index in [0.29, 0.717) is 23.6 Å². The molecule has 2 rings (SSSR count). The number of Topliss-reactive ketones (excluding diaryl/α,β-unsaturated/α-hetero) is 1. The number of pyridine rings is 1. The van der Waals surface area contributed by atoms with Crippen LogP contribution in [0.5, 0.6) is 5.88 Å². The predicted molar refractivity (Wildman–Crippen MR) is 76.2 cm³/mol. The van der Waals surface area contributed by atoms with E-state index in [-0.39, 0.29) is 5.88 Å². The van der Waals surface area contributed by atoms with Crippen LogP contribution in [0.1, 0.15) is 28.9 Å². The highest BCUT2D eigenvalue weighted by atomic mass is 35.5. The number of halogens is 5. The third-order valence-corrected chi connectivity index (χ3v) is 3.41. The summed E-state index contributed by atoms with van der Waals surface area (Å²) in [6.45, 7) is 0. The van der Waals surface area contributed by atoms with Gasteiger partial charge in [0.25, 0.3) is 0 Å². The Morgan fingerprint density at radius 3 is 2.55 bits per heavy atom. The molecule has 1 heterocycles. The fourth-order valence-corrected chi connectivity index (χ4v) is 2.12. The lowest BCUT2D eigenvalue weighted by atomic mass is 10.1. The Kier molecular flexibility index (Phi) is 5.13. The number of carbonyl (C=O) groups is 1. The van der Waals surface area contributed by atoms with E-state index in [1.54, 1.807) is 12.2 Å². The number of aromatic nitrogens is 1. The van der Waals surface area contributed by atoms with Gasteiger partial charge < -0.3 is 4.74 Å². The number of hydrogen-bond donors (Lipinski definition) is 0. The molecule has 0 unspecified atom stereocenters. The van der Waals surface area contributed by atoms with Crippen molar-refractivity contribution in [3.8, 4) is 5.88 Å². The molecule has 0 saturated carbocycles. The second-order valence-electron chi connectivity index (χ2n) is 4.45. The molecule has 0 amide bonds. The first-order valence-corrected chi connectivity index (χ1v) is 7.13. The molecule has 1 aliphatic carbocycles. The van der Waals surface area contributed by atoms with Gasteiger partial charge in [-0.3, -0.25) is 4.79 Å². The van der Waals surface area contributed by atoms with Crippen LogP contribution < -0.4 is 4.74 Å². The lowest BCUT2D eigenvalue weighted by Gasteiger charge is -2.15. The number of nitrogens with zero attached hydrogens (tertiary/aromatic N) is 1. The summed E-state index contributed by atoms with van der Waals surface area (Å²) in [5.74, 6) is -1.20. The summed E-state index contributed by atoms with van der Waals surface area (Å²) in [6, 6.07) is 2.22. The molecular weight excluding hydrogens is 342 g/mol. The van der Waals surface area contributed by atoms with Crippen molar-refractivity contribution < 1.29 is 22.7 Å². The molecule has 0 radical (unpaired) electrons. The van der Waals surface area contributed by atoms with Crippen molar-refractivity contribution in [3.05, 3.63) is 46.3 Å². The fraction of sp³-hybridized carbons (Fsp3) is 0.286. The smallest absolute Gasteiger partial charge is 0.434 e. The van der Waals surface area contributed by atoms with Crippen molar-refractivity contribution >= 4 is 29.0 Å². The number of carbonyl (C=O) groups excluding carboxylic acids is 1. The van der Waals surface area contributed by atoms with Gasteiger partial charge in [-0.25, -0.2) is 4.98 Å². The molecule has 0 aromatic carbocycles. The Balaban J connectivity index is 2.33. The zero-order valence-electron chi connectivity index (χ0n) is 11.1. The van der Waals surface area contributed by atoms with Crippen molar-refractivity contribution in [2.45, 2.75) is 19.0 Å². The van der Waals surface area contributed by atoms with Crippen LogP contribution in [0, 0.1) is 0 Å². The average molecular weight is 352 g/mol. The van der Waals surface area contributed by atoms with Crippen molar-refractivity contribution in [3.63, 3.8) is 0 Å². The van der Waals surface area contributed by atoms with Crippen molar-refractivity contribution in [2.24, 2.45) is 0 Å². The SMILES string of the molecule is O=C(CCl)c1ccc(OC2=CC=C(Cl)CC2)nc1C(F)(F)F. The second kappa shape index (κ2) is 6.71. The highest BCUT2D eigenvalue weighted by molar-refractivity contribution is 6.30. The summed E-state index contributed by atoms with van der Waals surface area (Å²) in [5, 5.41) is 0.638. The largest absolute Gasteiger partial charge is 0.443 e. The van der Waals surface area contributed by atoms with E-state index < -0.39 is 29.1 Å². The Labute approximate surface area is 134 Å². The molecule has 1 aromatic heterocycles. The van der Waals surface area contributed by atoms with Gasteiger partial charge in [0.1, 0.15) is 5.76 Å². The zero-order chi connectivity index (χ0) is 16.3. The van der Waals surface area contributed by atoms with Crippen molar-refractivity contribution in [1.29, 1.82) is 0 Å². The molecule has 0 bridgehead atoms. The van der Waals surface area contributed by atoms with E-state index in [1.807, 2.05) is 0 Å². The van der Waals surface area contributed by atoms with Crippen LogP contribution in [0.2, 0.25) is 0 Å². The lowest BCUT2D eigenvalue weighted by molar-refractivity contribution is -0.141. The summed E-state index contributed by atoms with van der Waals surface area (Å²) in [7, 11) is 0. The molecule has 22 heavy (non-hydrogen) atoms. The minimum atomic E-state index is -4.78. The molecule has 1 aliphatic rings. The number of hydrogen-bond acceptors (Lipinski definition) is 3. The Hall–Kier alpha value is -1.53. The second-order valence-corrected chi connectivity index (χ2v) is 5.20. The van der Waals surface area contributed by atoms with Crippen LogP contribution in [0.3, 0.4) is 0 Å². The lowest BCUT2D eigenvalue weighted by Crippen LogP contribution is -2.17. The van der Waals surface area contributed by atoms with Crippen LogP contribution >= 0.6 is 23.2 Å². The Morgan fingerprint density at radius 1 is 1.27 bits per heavy atom. The van der Waals surface area contributed by atoms with Gasteiger partial charge in [-0.05, 0) is 24.6 Å². The van der Waals surface area contributed by atoms with Gasteiger partial charge in [-0.1, -0.05) is 11.6 Å². The van der Waals surface area contributed by atoms with Crippen molar-refractivity contribution in [1.82, 2.24) is 4.98 Å². The molecule has 8 heteroatoms. The van der Waals surface area contributed by atoms with Crippen LogP contribution in [-0.2, 0) is 6.18 Å². The summed E-state index contributed by atoms with van der Waals surface area (Å²) >= 11 is 11.1. The number of ketones is 1. The third kappa shape index (κ3) is 4.01. The first kappa shape index (κ1) is 16.8. The van der Waals surface area contributed by atoms with E-state index in [1.165, 1.54) is 6.07 Å². The van der Waals surface area contributed by atoms with Gasteiger partial charge in [0.2, 0.25) is 5.88 Å². The molecule has 1 aromatic rings. The summed E-state index contributed by atoms with van der Waals surface area (Å²) in [6.07, 6.45) is -0.599. The minimum absolute atomic E-state index is 0.240. The molecule has 0 atom stereocenters. The molecular formula is C14H10Cl2F3NO2. The Bertz CT molecular complexity index is 654. The summed E-state index contributed by atoms with van der Waals surface area (Å²) in [5.41, 5.74) is -1.88. The zero-order valence-corrected chi connectivity index (χ0v) is 12.6. The van der Waals surface area contributed by atoms with Crippen molar-refractivity contribution in [2.75, 3.05) is 5.88 Å². The summed E-state index contributed by atoms with van der Waals surface area (Å²) < 4.78 is 44.3. The van der Waals surface area contributed by atoms with Crippen LogP contribution in [0.25, 0.3) is 0 Å². The number of ether oxygens (including phenoxy) is 1. The maximum absolute atomic E-state index is 13.0.